The number of hydrogen-bond acceptors (Lipinski definition) is 2. The molecule has 0 aromatic heterocycles. The molecule has 0 fully saturated rings. The first kappa shape index (κ1) is 12.8. The molecule has 0 aliphatic rings. The molecule has 0 unspecified atom stereocenters. The molecule has 0 heterocycles. The third-order valence-corrected chi connectivity index (χ3v) is 2.72. The molecule has 1 aromatic carbocycles. The van der Waals surface area contributed by atoms with E-state index in [9.17, 15) is 0 Å². The second-order valence-corrected chi connectivity index (χ2v) is 4.26. The molecule has 1 rings (SSSR count). The Balaban J connectivity index is 2.44. The molecule has 2 N–H and O–H groups in total. The van der Waals surface area contributed by atoms with Gasteiger partial charge in [-0.2, -0.15) is 0 Å². The van der Waals surface area contributed by atoms with Crippen LogP contribution in [0.1, 0.15) is 18.9 Å². The first-order valence-electron chi connectivity index (χ1n) is 4.90. The fraction of sp³-hybridized carbons (Fsp3) is 0.455. The number of rotatable bonds is 5. The summed E-state index contributed by atoms with van der Waals surface area (Å²) in [5.74, 6) is 0. The van der Waals surface area contributed by atoms with Crippen molar-refractivity contribution in [1.82, 2.24) is 0 Å². The van der Waals surface area contributed by atoms with Gasteiger partial charge in [0, 0.05) is 16.1 Å². The van der Waals surface area contributed by atoms with E-state index in [-0.39, 0.29) is 6.04 Å². The SMILES string of the molecule is CC[C@H](N)COCc1ccc(Cl)cc1Cl. The maximum absolute atomic E-state index is 5.98. The third kappa shape index (κ3) is 4.39. The maximum atomic E-state index is 5.98. The van der Waals surface area contributed by atoms with Crippen molar-refractivity contribution in [1.29, 1.82) is 0 Å². The zero-order valence-electron chi connectivity index (χ0n) is 8.67. The van der Waals surface area contributed by atoms with E-state index < -0.39 is 0 Å². The highest BCUT2D eigenvalue weighted by Crippen LogP contribution is 2.21. The van der Waals surface area contributed by atoms with Gasteiger partial charge in [0.25, 0.3) is 0 Å². The first-order chi connectivity index (χ1) is 7.13. The standard InChI is InChI=1S/C11H15Cl2NO/c1-2-10(14)7-15-6-8-3-4-9(12)5-11(8)13/h3-5,10H,2,6-7,14H2,1H3/t10-/m0/s1. The molecule has 0 spiro atoms. The van der Waals surface area contributed by atoms with Crippen LogP contribution in [0.4, 0.5) is 0 Å². The van der Waals surface area contributed by atoms with Gasteiger partial charge in [-0.05, 0) is 24.1 Å². The number of benzene rings is 1. The Labute approximate surface area is 100 Å². The summed E-state index contributed by atoms with van der Waals surface area (Å²) < 4.78 is 5.44. The topological polar surface area (TPSA) is 35.2 Å². The highest BCUT2D eigenvalue weighted by molar-refractivity contribution is 6.35. The number of hydrogen-bond donors (Lipinski definition) is 1. The molecule has 2 nitrogen and oxygen atoms in total. The van der Waals surface area contributed by atoms with Crippen LogP contribution in [0.15, 0.2) is 18.2 Å². The lowest BCUT2D eigenvalue weighted by Gasteiger charge is -2.10. The molecular weight excluding hydrogens is 233 g/mol. The fourth-order valence-electron chi connectivity index (χ4n) is 1.08. The van der Waals surface area contributed by atoms with Crippen molar-refractivity contribution >= 4 is 23.2 Å². The summed E-state index contributed by atoms with van der Waals surface area (Å²) in [5, 5.41) is 1.27. The predicted octanol–water partition coefficient (Wildman–Crippen LogP) is 3.25. The van der Waals surface area contributed by atoms with Crippen LogP contribution in [-0.2, 0) is 11.3 Å². The number of halogens is 2. The lowest BCUT2D eigenvalue weighted by atomic mass is 10.2. The normalized spacial score (nSPS) is 12.8. The average molecular weight is 248 g/mol. The Morgan fingerprint density at radius 2 is 2.13 bits per heavy atom. The highest BCUT2D eigenvalue weighted by atomic mass is 35.5. The van der Waals surface area contributed by atoms with E-state index in [0.717, 1.165) is 12.0 Å². The quantitative estimate of drug-likeness (QED) is 0.868. The van der Waals surface area contributed by atoms with E-state index in [1.807, 2.05) is 13.0 Å². The van der Waals surface area contributed by atoms with Gasteiger partial charge in [-0.1, -0.05) is 36.2 Å². The minimum Gasteiger partial charge on any atom is -0.375 e. The molecule has 0 aliphatic heterocycles. The molecule has 0 saturated carbocycles. The molecular formula is C11H15Cl2NO. The van der Waals surface area contributed by atoms with E-state index in [2.05, 4.69) is 0 Å². The molecule has 0 bridgehead atoms. The van der Waals surface area contributed by atoms with Crippen LogP contribution in [0.25, 0.3) is 0 Å². The molecule has 0 aliphatic carbocycles. The summed E-state index contributed by atoms with van der Waals surface area (Å²) in [4.78, 5) is 0. The van der Waals surface area contributed by atoms with Crippen molar-refractivity contribution in [2.75, 3.05) is 6.61 Å². The van der Waals surface area contributed by atoms with Gasteiger partial charge < -0.3 is 10.5 Å². The molecule has 1 atom stereocenters. The highest BCUT2D eigenvalue weighted by Gasteiger charge is 2.03. The zero-order chi connectivity index (χ0) is 11.3. The van der Waals surface area contributed by atoms with Crippen LogP contribution in [0.5, 0.6) is 0 Å². The van der Waals surface area contributed by atoms with Crippen molar-refractivity contribution in [3.63, 3.8) is 0 Å². The van der Waals surface area contributed by atoms with Gasteiger partial charge in [0.15, 0.2) is 0 Å². The summed E-state index contributed by atoms with van der Waals surface area (Å²) in [7, 11) is 0. The number of nitrogens with two attached hydrogens (primary N) is 1. The third-order valence-electron chi connectivity index (χ3n) is 2.13. The molecule has 0 radical (unpaired) electrons. The fourth-order valence-corrected chi connectivity index (χ4v) is 1.54. The van der Waals surface area contributed by atoms with Crippen molar-refractivity contribution < 1.29 is 4.74 Å². The average Bonchev–Trinajstić information content (AvgIpc) is 2.21. The van der Waals surface area contributed by atoms with Crippen molar-refractivity contribution in [3.05, 3.63) is 33.8 Å². The van der Waals surface area contributed by atoms with Gasteiger partial charge in [0.2, 0.25) is 0 Å². The molecule has 0 amide bonds. The van der Waals surface area contributed by atoms with Gasteiger partial charge >= 0.3 is 0 Å². The van der Waals surface area contributed by atoms with Gasteiger partial charge in [0.05, 0.1) is 13.2 Å². The van der Waals surface area contributed by atoms with Crippen LogP contribution in [0, 0.1) is 0 Å². The lowest BCUT2D eigenvalue weighted by molar-refractivity contribution is 0.107. The monoisotopic (exact) mass is 247 g/mol. The van der Waals surface area contributed by atoms with Gasteiger partial charge in [-0.25, -0.2) is 0 Å². The van der Waals surface area contributed by atoms with Crippen LogP contribution >= 0.6 is 23.2 Å². The predicted molar refractivity (Wildman–Crippen MR) is 64.4 cm³/mol. The van der Waals surface area contributed by atoms with E-state index >= 15 is 0 Å². The van der Waals surface area contributed by atoms with E-state index in [4.69, 9.17) is 33.7 Å². The van der Waals surface area contributed by atoms with E-state index in [0.29, 0.717) is 23.3 Å². The van der Waals surface area contributed by atoms with Gasteiger partial charge in [-0.3, -0.25) is 0 Å². The summed E-state index contributed by atoms with van der Waals surface area (Å²) >= 11 is 11.8. The van der Waals surface area contributed by atoms with Crippen LogP contribution in [0.3, 0.4) is 0 Å². The Morgan fingerprint density at radius 3 is 2.73 bits per heavy atom. The van der Waals surface area contributed by atoms with Gasteiger partial charge in [-0.15, -0.1) is 0 Å². The maximum Gasteiger partial charge on any atom is 0.0732 e. The summed E-state index contributed by atoms with van der Waals surface area (Å²) in [5.41, 5.74) is 6.65. The second kappa shape index (κ2) is 6.33. The van der Waals surface area contributed by atoms with Crippen LogP contribution < -0.4 is 5.73 Å². The number of ether oxygens (including phenoxy) is 1. The largest absolute Gasteiger partial charge is 0.375 e. The Hall–Kier alpha value is -0.280. The molecule has 15 heavy (non-hydrogen) atoms. The first-order valence-corrected chi connectivity index (χ1v) is 5.66. The Morgan fingerprint density at radius 1 is 1.40 bits per heavy atom. The second-order valence-electron chi connectivity index (χ2n) is 3.42. The zero-order valence-corrected chi connectivity index (χ0v) is 10.2. The summed E-state index contributed by atoms with van der Waals surface area (Å²) in [6.45, 7) is 3.06. The molecule has 84 valence electrons. The summed E-state index contributed by atoms with van der Waals surface area (Å²) in [6.07, 6.45) is 0.911. The Kier molecular flexibility index (Phi) is 5.40. The van der Waals surface area contributed by atoms with Crippen molar-refractivity contribution in [2.45, 2.75) is 26.0 Å². The van der Waals surface area contributed by atoms with Crippen molar-refractivity contribution in [2.24, 2.45) is 5.73 Å². The minimum atomic E-state index is 0.0936. The van der Waals surface area contributed by atoms with Crippen LogP contribution in [-0.4, -0.2) is 12.6 Å². The Bertz CT molecular complexity index is 317. The van der Waals surface area contributed by atoms with Gasteiger partial charge in [0.1, 0.15) is 0 Å². The van der Waals surface area contributed by atoms with E-state index in [1.54, 1.807) is 12.1 Å². The smallest absolute Gasteiger partial charge is 0.0732 e. The molecule has 4 heteroatoms. The lowest BCUT2D eigenvalue weighted by Crippen LogP contribution is -2.24. The summed E-state index contributed by atoms with van der Waals surface area (Å²) in [6, 6.07) is 5.46. The van der Waals surface area contributed by atoms with E-state index in [1.165, 1.54) is 0 Å². The van der Waals surface area contributed by atoms with Crippen molar-refractivity contribution in [3.8, 4) is 0 Å². The molecule has 1 aromatic rings. The van der Waals surface area contributed by atoms with Crippen LogP contribution in [0.2, 0.25) is 10.0 Å². The molecule has 0 saturated heterocycles. The minimum absolute atomic E-state index is 0.0936.